The normalized spacial score (nSPS) is 12.2. The van der Waals surface area contributed by atoms with Crippen LogP contribution in [0, 0.1) is 0 Å². The molecule has 0 aliphatic carbocycles. The maximum atomic E-state index is 12.9. The third-order valence-corrected chi connectivity index (χ3v) is 13.9. The Hall–Kier alpha value is -2.37. The summed E-state index contributed by atoms with van der Waals surface area (Å²) in [5, 5.41) is 0. The molecule has 1 unspecified atom stereocenters. The number of unbranched alkanes of at least 4 members (excludes halogenated alkanes) is 40. The van der Waals surface area contributed by atoms with Gasteiger partial charge in [0.05, 0.1) is 0 Å². The fourth-order valence-corrected chi connectivity index (χ4v) is 9.28. The second kappa shape index (κ2) is 59.2. The molecule has 0 saturated carbocycles. The Morgan fingerprint density at radius 3 is 0.871 bits per heavy atom. The van der Waals surface area contributed by atoms with Gasteiger partial charge in [0.25, 0.3) is 0 Å². The fourth-order valence-electron chi connectivity index (χ4n) is 9.28. The van der Waals surface area contributed by atoms with Gasteiger partial charge in [-0.05, 0) is 51.4 Å². The standard InChI is InChI=1S/C64H118O6/c1-4-7-10-13-16-19-22-25-27-29-30-31-32-33-35-36-39-42-45-48-51-54-57-63(66)69-60-61(59-68-62(65)56-53-50-47-44-41-38-24-21-18-15-12-9-6-3)70-64(67)58-55-52-49-46-43-40-37-34-28-26-23-20-17-14-11-8-5-2/h9,12,18,21,38,41,61H,4-8,10-11,13-17,19-20,22-37,39-40,42-60H2,1-3H3/b12-9-,21-18-,41-38-. The van der Waals surface area contributed by atoms with E-state index in [9.17, 15) is 14.4 Å². The topological polar surface area (TPSA) is 78.9 Å². The summed E-state index contributed by atoms with van der Waals surface area (Å²) in [5.74, 6) is -0.884. The molecule has 0 aliphatic rings. The summed E-state index contributed by atoms with van der Waals surface area (Å²) < 4.78 is 16.9. The Bertz CT molecular complexity index is 1170. The first-order chi connectivity index (χ1) is 34.5. The van der Waals surface area contributed by atoms with Crippen LogP contribution in [0.4, 0.5) is 0 Å². The van der Waals surface area contributed by atoms with Crippen LogP contribution in [-0.2, 0) is 28.6 Å². The second-order valence-electron chi connectivity index (χ2n) is 21.0. The van der Waals surface area contributed by atoms with Crippen LogP contribution in [0.3, 0.4) is 0 Å². The molecule has 0 spiro atoms. The summed E-state index contributed by atoms with van der Waals surface area (Å²) in [6.07, 6.45) is 71.6. The van der Waals surface area contributed by atoms with Crippen LogP contribution in [0.25, 0.3) is 0 Å². The van der Waals surface area contributed by atoms with Gasteiger partial charge in [0.2, 0.25) is 0 Å². The third-order valence-electron chi connectivity index (χ3n) is 13.9. The minimum atomic E-state index is -0.780. The molecule has 0 heterocycles. The van der Waals surface area contributed by atoms with Crippen molar-refractivity contribution >= 4 is 17.9 Å². The van der Waals surface area contributed by atoms with Crippen molar-refractivity contribution in [3.05, 3.63) is 36.5 Å². The zero-order chi connectivity index (χ0) is 50.7. The quantitative estimate of drug-likeness (QED) is 0.0261. The minimum Gasteiger partial charge on any atom is -0.462 e. The molecular weight excluding hydrogens is 865 g/mol. The number of carbonyl (C=O) groups excluding carboxylic acids is 3. The molecule has 410 valence electrons. The lowest BCUT2D eigenvalue weighted by atomic mass is 10.0. The van der Waals surface area contributed by atoms with Gasteiger partial charge >= 0.3 is 17.9 Å². The highest BCUT2D eigenvalue weighted by Gasteiger charge is 2.19. The summed E-state index contributed by atoms with van der Waals surface area (Å²) in [5.41, 5.74) is 0. The van der Waals surface area contributed by atoms with Crippen molar-refractivity contribution in [3.8, 4) is 0 Å². The predicted molar refractivity (Wildman–Crippen MR) is 302 cm³/mol. The van der Waals surface area contributed by atoms with Crippen LogP contribution in [0.15, 0.2) is 36.5 Å². The monoisotopic (exact) mass is 983 g/mol. The fraction of sp³-hybridized carbons (Fsp3) is 0.859. The Labute approximate surface area is 435 Å². The molecule has 0 amide bonds. The minimum absolute atomic E-state index is 0.0762. The van der Waals surface area contributed by atoms with Gasteiger partial charge in [-0.2, -0.15) is 0 Å². The number of hydrogen-bond donors (Lipinski definition) is 0. The molecule has 6 heteroatoms. The van der Waals surface area contributed by atoms with E-state index in [1.165, 1.54) is 212 Å². The number of carbonyl (C=O) groups is 3. The van der Waals surface area contributed by atoms with Gasteiger partial charge in [-0.3, -0.25) is 14.4 Å². The largest absolute Gasteiger partial charge is 0.462 e. The van der Waals surface area contributed by atoms with Crippen molar-refractivity contribution in [3.63, 3.8) is 0 Å². The Balaban J connectivity index is 4.28. The molecular formula is C64H118O6. The van der Waals surface area contributed by atoms with E-state index < -0.39 is 6.10 Å². The van der Waals surface area contributed by atoms with E-state index in [4.69, 9.17) is 14.2 Å². The van der Waals surface area contributed by atoms with Crippen molar-refractivity contribution in [2.45, 2.75) is 341 Å². The van der Waals surface area contributed by atoms with Gasteiger partial charge in [0.1, 0.15) is 13.2 Å². The van der Waals surface area contributed by atoms with Crippen molar-refractivity contribution in [1.29, 1.82) is 0 Å². The molecule has 0 saturated heterocycles. The summed E-state index contributed by atoms with van der Waals surface area (Å²) in [6, 6.07) is 0. The van der Waals surface area contributed by atoms with Crippen LogP contribution in [-0.4, -0.2) is 37.2 Å². The zero-order valence-electron chi connectivity index (χ0n) is 47.1. The first kappa shape index (κ1) is 67.6. The first-order valence-electron chi connectivity index (χ1n) is 31.0. The third kappa shape index (κ3) is 56.5. The van der Waals surface area contributed by atoms with Gasteiger partial charge in [-0.25, -0.2) is 0 Å². The van der Waals surface area contributed by atoms with Gasteiger partial charge < -0.3 is 14.2 Å². The Morgan fingerprint density at radius 2 is 0.557 bits per heavy atom. The average Bonchev–Trinajstić information content (AvgIpc) is 3.36. The number of esters is 3. The second-order valence-corrected chi connectivity index (χ2v) is 21.0. The average molecular weight is 984 g/mol. The van der Waals surface area contributed by atoms with E-state index in [0.717, 1.165) is 83.5 Å². The van der Waals surface area contributed by atoms with Crippen molar-refractivity contribution < 1.29 is 28.6 Å². The van der Waals surface area contributed by atoms with Crippen LogP contribution >= 0.6 is 0 Å². The molecule has 0 N–H and O–H groups in total. The lowest BCUT2D eigenvalue weighted by Crippen LogP contribution is -2.30. The molecule has 70 heavy (non-hydrogen) atoms. The van der Waals surface area contributed by atoms with E-state index in [2.05, 4.69) is 57.2 Å². The summed E-state index contributed by atoms with van der Waals surface area (Å²) in [4.78, 5) is 38.2. The molecule has 0 aromatic carbocycles. The van der Waals surface area contributed by atoms with E-state index >= 15 is 0 Å². The highest BCUT2D eigenvalue weighted by Crippen LogP contribution is 2.18. The molecule has 0 aromatic heterocycles. The molecule has 0 aliphatic heterocycles. The predicted octanol–water partition coefficient (Wildman–Crippen LogP) is 20.8. The van der Waals surface area contributed by atoms with Crippen molar-refractivity contribution in [2.24, 2.45) is 0 Å². The molecule has 0 aromatic rings. The smallest absolute Gasteiger partial charge is 0.306 e. The summed E-state index contributed by atoms with van der Waals surface area (Å²) in [7, 11) is 0. The lowest BCUT2D eigenvalue weighted by Gasteiger charge is -2.18. The zero-order valence-corrected chi connectivity index (χ0v) is 47.1. The Morgan fingerprint density at radius 1 is 0.300 bits per heavy atom. The molecule has 0 radical (unpaired) electrons. The number of ether oxygens (including phenoxy) is 3. The highest BCUT2D eigenvalue weighted by molar-refractivity contribution is 5.71. The van der Waals surface area contributed by atoms with Crippen molar-refractivity contribution in [1.82, 2.24) is 0 Å². The van der Waals surface area contributed by atoms with Gasteiger partial charge in [-0.1, -0.05) is 301 Å². The van der Waals surface area contributed by atoms with Crippen molar-refractivity contribution in [2.75, 3.05) is 13.2 Å². The molecule has 0 rings (SSSR count). The van der Waals surface area contributed by atoms with E-state index in [1.54, 1.807) is 0 Å². The molecule has 1 atom stereocenters. The van der Waals surface area contributed by atoms with E-state index in [0.29, 0.717) is 19.3 Å². The maximum absolute atomic E-state index is 12.9. The molecule has 0 bridgehead atoms. The lowest BCUT2D eigenvalue weighted by molar-refractivity contribution is -0.167. The highest BCUT2D eigenvalue weighted by atomic mass is 16.6. The number of hydrogen-bond acceptors (Lipinski definition) is 6. The summed E-state index contributed by atoms with van der Waals surface area (Å²) in [6.45, 7) is 6.56. The summed E-state index contributed by atoms with van der Waals surface area (Å²) >= 11 is 0. The van der Waals surface area contributed by atoms with Gasteiger partial charge in [0.15, 0.2) is 6.10 Å². The van der Waals surface area contributed by atoms with Crippen LogP contribution in [0.2, 0.25) is 0 Å². The van der Waals surface area contributed by atoms with Crippen LogP contribution in [0.1, 0.15) is 335 Å². The molecule has 6 nitrogen and oxygen atoms in total. The number of rotatable bonds is 57. The first-order valence-corrected chi connectivity index (χ1v) is 31.0. The number of allylic oxidation sites excluding steroid dienone is 6. The van der Waals surface area contributed by atoms with Gasteiger partial charge in [-0.15, -0.1) is 0 Å². The Kier molecular flexibility index (Phi) is 57.2. The molecule has 0 fully saturated rings. The van der Waals surface area contributed by atoms with E-state index in [-0.39, 0.29) is 31.1 Å². The van der Waals surface area contributed by atoms with Crippen LogP contribution < -0.4 is 0 Å². The SMILES string of the molecule is CC/C=C\C/C=C\C/C=C\CCCCCC(=O)OCC(COC(=O)CCCCCCCCCCCCCCCCCCCCCCCC)OC(=O)CCCCCCCCCCCCCCCCCCC. The maximum Gasteiger partial charge on any atom is 0.306 e. The van der Waals surface area contributed by atoms with Gasteiger partial charge in [0, 0.05) is 19.3 Å². The van der Waals surface area contributed by atoms with Crippen LogP contribution in [0.5, 0.6) is 0 Å². The van der Waals surface area contributed by atoms with E-state index in [1.807, 2.05) is 0 Å².